The summed E-state index contributed by atoms with van der Waals surface area (Å²) in [6.07, 6.45) is 3.46. The summed E-state index contributed by atoms with van der Waals surface area (Å²) < 4.78 is 0. The molecular weight excluding hydrogens is 411 g/mol. The number of carbonyl (C=O) groups excluding carboxylic acids is 2. The second-order valence-electron chi connectivity index (χ2n) is 7.59. The molecule has 1 heterocycles. The number of carbonyl (C=O) groups is 2. The average Bonchev–Trinajstić information content (AvgIpc) is 2.86. The number of hydrogen-bond donors (Lipinski definition) is 3. The zero-order valence-corrected chi connectivity index (χ0v) is 18.7. The minimum atomic E-state index is -0.316. The van der Waals surface area contributed by atoms with Gasteiger partial charge in [0.15, 0.2) is 0 Å². The molecule has 0 aromatic heterocycles. The number of benzene rings is 1. The van der Waals surface area contributed by atoms with E-state index < -0.39 is 0 Å². The standard InChI is InChI=1S/C21H32Cl2N4O2/c1-3-14(4-2)13-27-10-8-16(26-19(7-9-24)21(27)29)12-25-20(28)15-5-6-17(22)18(23)11-15/h5-6,11,14,16,19,26H,3-4,7-10,12-13,24H2,1-2H3,(H,25,28)/t16-,19-/m0/s1. The lowest BCUT2D eigenvalue weighted by Gasteiger charge is -2.27. The van der Waals surface area contributed by atoms with E-state index >= 15 is 0 Å². The fourth-order valence-electron chi connectivity index (χ4n) is 3.61. The first kappa shape index (κ1) is 23.9. The third-order valence-corrected chi connectivity index (χ3v) is 6.31. The maximum Gasteiger partial charge on any atom is 0.251 e. The third-order valence-electron chi connectivity index (χ3n) is 5.57. The van der Waals surface area contributed by atoms with Gasteiger partial charge in [0, 0.05) is 31.2 Å². The molecule has 1 aliphatic heterocycles. The Morgan fingerprint density at radius 1 is 1.31 bits per heavy atom. The summed E-state index contributed by atoms with van der Waals surface area (Å²) in [6.45, 7) is 6.63. The van der Waals surface area contributed by atoms with Gasteiger partial charge in [0.2, 0.25) is 5.91 Å². The molecule has 1 aliphatic rings. The van der Waals surface area contributed by atoms with Crippen LogP contribution in [0.15, 0.2) is 18.2 Å². The highest BCUT2D eigenvalue weighted by Gasteiger charge is 2.31. The predicted octanol–water partition coefficient (Wildman–Crippen LogP) is 3.07. The molecule has 2 atom stereocenters. The lowest BCUT2D eigenvalue weighted by atomic mass is 10.0. The monoisotopic (exact) mass is 442 g/mol. The highest BCUT2D eigenvalue weighted by molar-refractivity contribution is 6.42. The lowest BCUT2D eigenvalue weighted by molar-refractivity contribution is -0.133. The molecule has 0 spiro atoms. The molecule has 29 heavy (non-hydrogen) atoms. The Balaban J connectivity index is 2.00. The molecule has 0 bridgehead atoms. The molecule has 2 rings (SSSR count). The molecule has 1 fully saturated rings. The first-order valence-electron chi connectivity index (χ1n) is 10.4. The van der Waals surface area contributed by atoms with Crippen molar-refractivity contribution in [1.29, 1.82) is 0 Å². The zero-order chi connectivity index (χ0) is 21.4. The molecule has 1 aromatic rings. The molecular formula is C21H32Cl2N4O2. The molecule has 0 radical (unpaired) electrons. The summed E-state index contributed by atoms with van der Waals surface area (Å²) in [6, 6.07) is 4.48. The van der Waals surface area contributed by atoms with Gasteiger partial charge in [-0.15, -0.1) is 0 Å². The van der Waals surface area contributed by atoms with Crippen molar-refractivity contribution in [2.75, 3.05) is 26.2 Å². The fourth-order valence-corrected chi connectivity index (χ4v) is 3.91. The van der Waals surface area contributed by atoms with Gasteiger partial charge in [0.25, 0.3) is 5.91 Å². The maximum absolute atomic E-state index is 13.0. The summed E-state index contributed by atoms with van der Waals surface area (Å²) in [5.41, 5.74) is 6.19. The van der Waals surface area contributed by atoms with Gasteiger partial charge in [0.05, 0.1) is 16.1 Å². The minimum absolute atomic E-state index is 0.00562. The van der Waals surface area contributed by atoms with Crippen molar-refractivity contribution in [3.8, 4) is 0 Å². The molecule has 2 amide bonds. The Labute approximate surface area is 183 Å². The quantitative estimate of drug-likeness (QED) is 0.548. The van der Waals surface area contributed by atoms with Crippen molar-refractivity contribution in [3.63, 3.8) is 0 Å². The molecule has 4 N–H and O–H groups in total. The smallest absolute Gasteiger partial charge is 0.251 e. The molecule has 162 valence electrons. The van der Waals surface area contributed by atoms with Crippen molar-refractivity contribution in [2.24, 2.45) is 11.7 Å². The van der Waals surface area contributed by atoms with E-state index in [0.29, 0.717) is 47.6 Å². The van der Waals surface area contributed by atoms with E-state index in [1.54, 1.807) is 18.2 Å². The SMILES string of the molecule is CCC(CC)CN1CC[C@@H](CNC(=O)c2ccc(Cl)c(Cl)c2)N[C@@H](CCN)C1=O. The zero-order valence-electron chi connectivity index (χ0n) is 17.2. The molecule has 0 unspecified atom stereocenters. The topological polar surface area (TPSA) is 87.5 Å². The number of amides is 2. The van der Waals surface area contributed by atoms with Gasteiger partial charge in [-0.1, -0.05) is 49.9 Å². The predicted molar refractivity (Wildman–Crippen MR) is 118 cm³/mol. The van der Waals surface area contributed by atoms with Crippen molar-refractivity contribution < 1.29 is 9.59 Å². The van der Waals surface area contributed by atoms with Gasteiger partial charge in [-0.25, -0.2) is 0 Å². The number of halogens is 2. The van der Waals surface area contributed by atoms with E-state index in [-0.39, 0.29) is 23.9 Å². The summed E-state index contributed by atoms with van der Waals surface area (Å²) >= 11 is 11.9. The normalized spacial score (nSPS) is 20.1. The van der Waals surface area contributed by atoms with Crippen LogP contribution in [0, 0.1) is 5.92 Å². The van der Waals surface area contributed by atoms with Gasteiger partial charge >= 0.3 is 0 Å². The number of hydrogen-bond acceptors (Lipinski definition) is 4. The van der Waals surface area contributed by atoms with Crippen LogP contribution >= 0.6 is 23.2 Å². The van der Waals surface area contributed by atoms with E-state index in [4.69, 9.17) is 28.9 Å². The molecule has 0 aliphatic carbocycles. The Hall–Kier alpha value is -1.34. The Morgan fingerprint density at radius 3 is 2.66 bits per heavy atom. The Morgan fingerprint density at radius 2 is 2.03 bits per heavy atom. The van der Waals surface area contributed by atoms with Crippen molar-refractivity contribution in [1.82, 2.24) is 15.5 Å². The van der Waals surface area contributed by atoms with E-state index in [9.17, 15) is 9.59 Å². The van der Waals surface area contributed by atoms with Crippen LogP contribution in [0.2, 0.25) is 10.0 Å². The van der Waals surface area contributed by atoms with Gasteiger partial charge in [-0.2, -0.15) is 0 Å². The second-order valence-corrected chi connectivity index (χ2v) is 8.40. The first-order valence-corrected chi connectivity index (χ1v) is 11.1. The Bertz CT molecular complexity index is 697. The van der Waals surface area contributed by atoms with Gasteiger partial charge in [0.1, 0.15) is 0 Å². The van der Waals surface area contributed by atoms with Gasteiger partial charge < -0.3 is 21.3 Å². The van der Waals surface area contributed by atoms with Crippen LogP contribution in [0.3, 0.4) is 0 Å². The second kappa shape index (κ2) is 11.7. The molecule has 8 heteroatoms. The van der Waals surface area contributed by atoms with Crippen LogP contribution in [0.25, 0.3) is 0 Å². The summed E-state index contributed by atoms with van der Waals surface area (Å²) in [7, 11) is 0. The fraction of sp³-hybridized carbons (Fsp3) is 0.619. The van der Waals surface area contributed by atoms with Crippen LogP contribution in [0.5, 0.6) is 0 Å². The minimum Gasteiger partial charge on any atom is -0.350 e. The van der Waals surface area contributed by atoms with Crippen LogP contribution in [-0.2, 0) is 4.79 Å². The van der Waals surface area contributed by atoms with Crippen molar-refractivity contribution in [2.45, 2.75) is 51.6 Å². The van der Waals surface area contributed by atoms with E-state index in [1.807, 2.05) is 4.90 Å². The van der Waals surface area contributed by atoms with Crippen molar-refractivity contribution in [3.05, 3.63) is 33.8 Å². The summed E-state index contributed by atoms with van der Waals surface area (Å²) in [4.78, 5) is 27.4. The average molecular weight is 443 g/mol. The number of nitrogens with zero attached hydrogens (tertiary/aromatic N) is 1. The van der Waals surface area contributed by atoms with E-state index in [1.165, 1.54) is 0 Å². The van der Waals surface area contributed by atoms with E-state index in [0.717, 1.165) is 25.8 Å². The van der Waals surface area contributed by atoms with Crippen molar-refractivity contribution >= 4 is 35.0 Å². The van der Waals surface area contributed by atoms with Gasteiger partial charge in [-0.3, -0.25) is 9.59 Å². The summed E-state index contributed by atoms with van der Waals surface area (Å²) in [5, 5.41) is 7.09. The highest BCUT2D eigenvalue weighted by Crippen LogP contribution is 2.22. The third kappa shape index (κ3) is 6.85. The first-order chi connectivity index (χ1) is 13.9. The van der Waals surface area contributed by atoms with Crippen LogP contribution in [-0.4, -0.2) is 55.0 Å². The lowest BCUT2D eigenvalue weighted by Crippen LogP contribution is -2.50. The largest absolute Gasteiger partial charge is 0.350 e. The van der Waals surface area contributed by atoms with E-state index in [2.05, 4.69) is 24.5 Å². The van der Waals surface area contributed by atoms with Gasteiger partial charge in [-0.05, 0) is 43.5 Å². The number of nitrogens with one attached hydrogen (secondary N) is 2. The number of rotatable bonds is 9. The molecule has 1 saturated heterocycles. The highest BCUT2D eigenvalue weighted by atomic mass is 35.5. The van der Waals surface area contributed by atoms with Crippen LogP contribution < -0.4 is 16.4 Å². The number of nitrogens with two attached hydrogens (primary N) is 1. The Kier molecular flexibility index (Phi) is 9.69. The molecule has 6 nitrogen and oxygen atoms in total. The molecule has 0 saturated carbocycles. The maximum atomic E-state index is 13.0. The molecule has 1 aromatic carbocycles. The summed E-state index contributed by atoms with van der Waals surface area (Å²) in [5.74, 6) is 0.397. The van der Waals surface area contributed by atoms with Crippen LogP contribution in [0.1, 0.15) is 49.9 Å². The van der Waals surface area contributed by atoms with Crippen LogP contribution in [0.4, 0.5) is 0 Å².